The molecule has 122 valence electrons. The lowest BCUT2D eigenvalue weighted by Gasteiger charge is -2.22. The van der Waals surface area contributed by atoms with Crippen molar-refractivity contribution in [1.82, 2.24) is 5.32 Å². The number of carbonyl (C=O) groups is 2. The van der Waals surface area contributed by atoms with Gasteiger partial charge in [0, 0.05) is 0 Å². The van der Waals surface area contributed by atoms with Gasteiger partial charge in [-0.2, -0.15) is 5.26 Å². The Balaban J connectivity index is 1.84. The van der Waals surface area contributed by atoms with Crippen LogP contribution in [0.25, 0.3) is 0 Å². The van der Waals surface area contributed by atoms with E-state index < -0.39 is 11.5 Å². The lowest BCUT2D eigenvalue weighted by Crippen LogP contribution is -2.48. The lowest BCUT2D eigenvalue weighted by molar-refractivity contribution is -0.124. The van der Waals surface area contributed by atoms with Gasteiger partial charge >= 0.3 is 5.97 Å². The van der Waals surface area contributed by atoms with Crippen LogP contribution in [0.1, 0.15) is 37.0 Å². The average Bonchev–Trinajstić information content (AvgIpc) is 3.39. The monoisotopic (exact) mass is 316 g/mol. The third-order valence-corrected chi connectivity index (χ3v) is 3.76. The van der Waals surface area contributed by atoms with Gasteiger partial charge in [-0.15, -0.1) is 0 Å². The molecule has 0 spiro atoms. The van der Waals surface area contributed by atoms with Crippen molar-refractivity contribution in [3.05, 3.63) is 29.8 Å². The molecule has 2 rings (SSSR count). The molecule has 1 unspecified atom stereocenters. The van der Waals surface area contributed by atoms with Gasteiger partial charge in [0.1, 0.15) is 11.3 Å². The first-order valence-electron chi connectivity index (χ1n) is 7.60. The molecule has 6 heteroatoms. The summed E-state index contributed by atoms with van der Waals surface area (Å²) in [5.41, 5.74) is -0.400. The zero-order valence-corrected chi connectivity index (χ0v) is 13.3. The highest BCUT2D eigenvalue weighted by Crippen LogP contribution is 2.39. The second-order valence-electron chi connectivity index (χ2n) is 5.67. The number of rotatable bonds is 7. The Hall–Kier alpha value is -2.55. The van der Waals surface area contributed by atoms with Crippen LogP contribution >= 0.6 is 0 Å². The largest absolute Gasteiger partial charge is 0.484 e. The Kier molecular flexibility index (Phi) is 5.22. The molecule has 1 aliphatic rings. The van der Waals surface area contributed by atoms with Crippen molar-refractivity contribution in [2.75, 3.05) is 13.2 Å². The van der Waals surface area contributed by atoms with Crippen LogP contribution in [0.3, 0.4) is 0 Å². The highest BCUT2D eigenvalue weighted by atomic mass is 16.5. The summed E-state index contributed by atoms with van der Waals surface area (Å²) in [5, 5.41) is 11.9. The van der Waals surface area contributed by atoms with Gasteiger partial charge in [-0.3, -0.25) is 4.79 Å². The average molecular weight is 316 g/mol. The summed E-state index contributed by atoms with van der Waals surface area (Å²) in [4.78, 5) is 23.4. The first-order chi connectivity index (χ1) is 11.0. The second-order valence-corrected chi connectivity index (χ2v) is 5.67. The van der Waals surface area contributed by atoms with E-state index in [2.05, 4.69) is 11.4 Å². The summed E-state index contributed by atoms with van der Waals surface area (Å²) < 4.78 is 10.3. The Morgan fingerprint density at radius 3 is 2.52 bits per heavy atom. The van der Waals surface area contributed by atoms with Crippen molar-refractivity contribution in [1.29, 1.82) is 5.26 Å². The van der Waals surface area contributed by atoms with Crippen LogP contribution in [0.4, 0.5) is 0 Å². The van der Waals surface area contributed by atoms with Crippen molar-refractivity contribution >= 4 is 11.9 Å². The van der Waals surface area contributed by atoms with E-state index in [9.17, 15) is 14.9 Å². The van der Waals surface area contributed by atoms with E-state index in [1.165, 1.54) is 0 Å². The summed E-state index contributed by atoms with van der Waals surface area (Å²) in [5.74, 6) is -0.0416. The summed E-state index contributed by atoms with van der Waals surface area (Å²) in [6, 6.07) is 8.52. The summed E-state index contributed by atoms with van der Waals surface area (Å²) in [6.07, 6.45) is 1.92. The predicted octanol–water partition coefficient (Wildman–Crippen LogP) is 2.05. The Labute approximate surface area is 135 Å². The number of nitrogens with one attached hydrogen (secondary N) is 1. The quantitative estimate of drug-likeness (QED) is 0.778. The summed E-state index contributed by atoms with van der Waals surface area (Å²) >= 11 is 0. The fraction of sp³-hybridized carbons (Fsp3) is 0.471. The normalized spacial score (nSPS) is 15.9. The Bertz CT molecular complexity index is 616. The predicted molar refractivity (Wildman–Crippen MR) is 82.8 cm³/mol. The molecular weight excluding hydrogens is 296 g/mol. The van der Waals surface area contributed by atoms with E-state index in [0.717, 1.165) is 12.8 Å². The van der Waals surface area contributed by atoms with Crippen LogP contribution in [-0.4, -0.2) is 30.6 Å². The molecule has 0 heterocycles. The molecule has 0 bridgehead atoms. The van der Waals surface area contributed by atoms with Crippen molar-refractivity contribution < 1.29 is 19.1 Å². The molecule has 0 aliphatic heterocycles. The molecule has 1 N–H and O–H groups in total. The second kappa shape index (κ2) is 7.14. The third kappa shape index (κ3) is 4.46. The highest BCUT2D eigenvalue weighted by Gasteiger charge is 2.43. The molecule has 0 aromatic heterocycles. The summed E-state index contributed by atoms with van der Waals surface area (Å²) in [6.45, 7) is 3.61. The van der Waals surface area contributed by atoms with Crippen molar-refractivity contribution in [3.63, 3.8) is 0 Å². The van der Waals surface area contributed by atoms with E-state index in [4.69, 9.17) is 9.47 Å². The van der Waals surface area contributed by atoms with Gasteiger partial charge in [-0.05, 0) is 56.9 Å². The van der Waals surface area contributed by atoms with Gasteiger partial charge < -0.3 is 14.8 Å². The van der Waals surface area contributed by atoms with Crippen LogP contribution in [0.5, 0.6) is 5.75 Å². The third-order valence-electron chi connectivity index (χ3n) is 3.76. The number of nitriles is 1. The van der Waals surface area contributed by atoms with Gasteiger partial charge in [-0.1, -0.05) is 0 Å². The fourth-order valence-electron chi connectivity index (χ4n) is 2.26. The number of esters is 1. The molecule has 1 fully saturated rings. The minimum Gasteiger partial charge on any atom is -0.484 e. The lowest BCUT2D eigenvalue weighted by atomic mass is 9.98. The fourth-order valence-corrected chi connectivity index (χ4v) is 2.26. The van der Waals surface area contributed by atoms with Gasteiger partial charge in [-0.25, -0.2) is 4.79 Å². The van der Waals surface area contributed by atoms with Crippen molar-refractivity contribution in [3.8, 4) is 11.8 Å². The van der Waals surface area contributed by atoms with Gasteiger partial charge in [0.05, 0.1) is 18.2 Å². The van der Waals surface area contributed by atoms with Gasteiger partial charge in [0.15, 0.2) is 6.61 Å². The van der Waals surface area contributed by atoms with E-state index in [0.29, 0.717) is 17.9 Å². The molecule has 0 saturated heterocycles. The molecule has 1 aromatic rings. The molecular formula is C17H20N2O4. The maximum atomic E-state index is 11.9. The number of amides is 1. The number of carbonyl (C=O) groups excluding carboxylic acids is 2. The van der Waals surface area contributed by atoms with Crippen molar-refractivity contribution in [2.45, 2.75) is 32.2 Å². The smallest absolute Gasteiger partial charge is 0.338 e. The number of ether oxygens (including phenoxy) is 2. The summed E-state index contributed by atoms with van der Waals surface area (Å²) in [7, 11) is 0. The zero-order valence-electron chi connectivity index (χ0n) is 13.3. The van der Waals surface area contributed by atoms with E-state index in [-0.39, 0.29) is 18.4 Å². The van der Waals surface area contributed by atoms with Gasteiger partial charge in [0.2, 0.25) is 0 Å². The van der Waals surface area contributed by atoms with Crippen LogP contribution in [0.2, 0.25) is 0 Å². The molecule has 1 aliphatic carbocycles. The standard InChI is InChI=1S/C17H20N2O4/c1-3-22-16(21)12-4-8-14(9-5-12)23-10-15(20)19-17(2,11-18)13-6-7-13/h4-5,8-9,13H,3,6-7,10H2,1-2H3,(H,19,20). The molecule has 23 heavy (non-hydrogen) atoms. The van der Waals surface area contributed by atoms with Crippen molar-refractivity contribution in [2.24, 2.45) is 5.92 Å². The first kappa shape index (κ1) is 16.8. The number of benzene rings is 1. The highest BCUT2D eigenvalue weighted by molar-refractivity contribution is 5.89. The Morgan fingerprint density at radius 1 is 1.35 bits per heavy atom. The molecule has 6 nitrogen and oxygen atoms in total. The minimum absolute atomic E-state index is 0.178. The number of hydrogen-bond acceptors (Lipinski definition) is 5. The maximum Gasteiger partial charge on any atom is 0.338 e. The number of hydrogen-bond donors (Lipinski definition) is 1. The molecule has 0 radical (unpaired) electrons. The molecule has 1 saturated carbocycles. The van der Waals surface area contributed by atoms with Crippen LogP contribution < -0.4 is 10.1 Å². The topological polar surface area (TPSA) is 88.4 Å². The van der Waals surface area contributed by atoms with E-state index in [1.807, 2.05) is 0 Å². The molecule has 1 amide bonds. The van der Waals surface area contributed by atoms with Crippen LogP contribution in [-0.2, 0) is 9.53 Å². The van der Waals surface area contributed by atoms with Gasteiger partial charge in [0.25, 0.3) is 5.91 Å². The van der Waals surface area contributed by atoms with Crippen LogP contribution in [0.15, 0.2) is 24.3 Å². The van der Waals surface area contributed by atoms with E-state index in [1.54, 1.807) is 38.1 Å². The maximum absolute atomic E-state index is 11.9. The molecule has 1 atom stereocenters. The Morgan fingerprint density at radius 2 is 2.00 bits per heavy atom. The minimum atomic E-state index is -0.825. The SMILES string of the molecule is CCOC(=O)c1ccc(OCC(=O)NC(C)(C#N)C2CC2)cc1. The van der Waals surface area contributed by atoms with E-state index >= 15 is 0 Å². The zero-order chi connectivity index (χ0) is 16.9. The first-order valence-corrected chi connectivity index (χ1v) is 7.60. The van der Waals surface area contributed by atoms with Crippen LogP contribution in [0, 0.1) is 17.2 Å². The molecule has 1 aromatic carbocycles. The number of nitrogens with zero attached hydrogens (tertiary/aromatic N) is 1.